The molecule has 0 aromatic carbocycles. The van der Waals surface area contributed by atoms with E-state index in [-0.39, 0.29) is 11.5 Å². The predicted molar refractivity (Wildman–Crippen MR) is 99.9 cm³/mol. The van der Waals surface area contributed by atoms with Crippen molar-refractivity contribution >= 4 is 5.91 Å². The van der Waals surface area contributed by atoms with Gasteiger partial charge in [-0.3, -0.25) is 9.69 Å². The van der Waals surface area contributed by atoms with Crippen molar-refractivity contribution in [3.8, 4) is 0 Å². The lowest BCUT2D eigenvalue weighted by molar-refractivity contribution is -0.121. The fourth-order valence-corrected chi connectivity index (χ4v) is 5.21. The number of hydrogen-bond acceptors (Lipinski definition) is 6. The lowest BCUT2D eigenvalue weighted by atomic mass is 9.73. The molecule has 0 saturated carbocycles. The SMILES string of the molecule is CCCC(=O)NC[C@H]1[C@H]2CN(Cc3noc(CC(C)C)n3)C[C@]23CC[C@H]1O3. The van der Waals surface area contributed by atoms with Crippen LogP contribution in [0.1, 0.15) is 58.2 Å². The van der Waals surface area contributed by atoms with E-state index in [0.29, 0.717) is 36.8 Å². The summed E-state index contributed by atoms with van der Waals surface area (Å²) in [5.74, 6) is 3.08. The molecule has 0 unspecified atom stereocenters. The van der Waals surface area contributed by atoms with E-state index in [1.165, 1.54) is 0 Å². The van der Waals surface area contributed by atoms with E-state index < -0.39 is 0 Å². The quantitative estimate of drug-likeness (QED) is 0.749. The van der Waals surface area contributed by atoms with Crippen LogP contribution in [0.15, 0.2) is 4.52 Å². The normalized spacial score (nSPS) is 32.4. The molecule has 3 aliphatic heterocycles. The Labute approximate surface area is 161 Å². The van der Waals surface area contributed by atoms with Crippen LogP contribution in [0.3, 0.4) is 0 Å². The first kappa shape index (κ1) is 18.9. The van der Waals surface area contributed by atoms with E-state index in [9.17, 15) is 4.79 Å². The van der Waals surface area contributed by atoms with Gasteiger partial charge in [-0.25, -0.2) is 0 Å². The van der Waals surface area contributed by atoms with Crippen molar-refractivity contribution in [1.82, 2.24) is 20.4 Å². The molecule has 1 aromatic heterocycles. The Balaban J connectivity index is 1.36. The highest BCUT2D eigenvalue weighted by molar-refractivity contribution is 5.75. The van der Waals surface area contributed by atoms with Gasteiger partial charge in [-0.05, 0) is 25.2 Å². The monoisotopic (exact) mass is 376 g/mol. The van der Waals surface area contributed by atoms with Gasteiger partial charge in [0.2, 0.25) is 11.8 Å². The topological polar surface area (TPSA) is 80.5 Å². The summed E-state index contributed by atoms with van der Waals surface area (Å²) in [6, 6.07) is 0. The minimum absolute atomic E-state index is 0.0324. The van der Waals surface area contributed by atoms with E-state index in [2.05, 4.69) is 34.2 Å². The highest BCUT2D eigenvalue weighted by atomic mass is 16.5. The summed E-state index contributed by atoms with van der Waals surface area (Å²) in [5, 5.41) is 7.29. The number of nitrogens with one attached hydrogen (secondary N) is 1. The van der Waals surface area contributed by atoms with Crippen molar-refractivity contribution < 1.29 is 14.1 Å². The predicted octanol–water partition coefficient (Wildman–Crippen LogP) is 2.16. The first-order chi connectivity index (χ1) is 13.0. The Morgan fingerprint density at radius 1 is 1.44 bits per heavy atom. The fraction of sp³-hybridized carbons (Fsp3) is 0.850. The number of rotatable bonds is 8. The number of amides is 1. The van der Waals surface area contributed by atoms with Crippen LogP contribution in [0.25, 0.3) is 0 Å². The maximum atomic E-state index is 11.9. The van der Waals surface area contributed by atoms with Crippen LogP contribution in [-0.4, -0.2) is 52.3 Å². The molecular formula is C20H32N4O3. The Morgan fingerprint density at radius 2 is 2.30 bits per heavy atom. The maximum Gasteiger partial charge on any atom is 0.226 e. The molecule has 0 radical (unpaired) electrons. The summed E-state index contributed by atoms with van der Waals surface area (Å²) in [6.45, 7) is 9.71. The molecule has 1 spiro atoms. The Hall–Kier alpha value is -1.47. The van der Waals surface area contributed by atoms with Crippen LogP contribution in [-0.2, 0) is 22.5 Å². The lowest BCUT2D eigenvalue weighted by Crippen LogP contribution is -2.41. The van der Waals surface area contributed by atoms with Crippen molar-refractivity contribution in [1.29, 1.82) is 0 Å². The Bertz CT molecular complexity index is 676. The summed E-state index contributed by atoms with van der Waals surface area (Å²) >= 11 is 0. The smallest absolute Gasteiger partial charge is 0.226 e. The zero-order valence-electron chi connectivity index (χ0n) is 16.7. The van der Waals surface area contributed by atoms with Crippen LogP contribution < -0.4 is 5.32 Å². The highest BCUT2D eigenvalue weighted by Crippen LogP contribution is 2.54. The Morgan fingerprint density at radius 3 is 3.07 bits per heavy atom. The molecule has 150 valence electrons. The zero-order chi connectivity index (χ0) is 19.0. The van der Waals surface area contributed by atoms with E-state index in [4.69, 9.17) is 9.26 Å². The van der Waals surface area contributed by atoms with Gasteiger partial charge in [0, 0.05) is 44.3 Å². The van der Waals surface area contributed by atoms with E-state index in [1.54, 1.807) is 0 Å². The number of aromatic nitrogens is 2. The molecule has 4 rings (SSSR count). The number of carbonyl (C=O) groups is 1. The second-order valence-electron chi connectivity index (χ2n) is 8.96. The van der Waals surface area contributed by atoms with Crippen LogP contribution in [0.4, 0.5) is 0 Å². The molecule has 7 heteroatoms. The number of hydrogen-bond donors (Lipinski definition) is 1. The van der Waals surface area contributed by atoms with Crippen LogP contribution in [0.2, 0.25) is 0 Å². The minimum Gasteiger partial charge on any atom is -0.370 e. The molecule has 4 atom stereocenters. The molecule has 3 fully saturated rings. The molecule has 4 heterocycles. The van der Waals surface area contributed by atoms with Gasteiger partial charge < -0.3 is 14.6 Å². The van der Waals surface area contributed by atoms with Crippen molar-refractivity contribution in [2.24, 2.45) is 17.8 Å². The maximum absolute atomic E-state index is 11.9. The van der Waals surface area contributed by atoms with Crippen LogP contribution in [0.5, 0.6) is 0 Å². The second-order valence-corrected chi connectivity index (χ2v) is 8.96. The molecule has 27 heavy (non-hydrogen) atoms. The molecule has 1 aromatic rings. The average Bonchev–Trinajstić information content (AvgIpc) is 3.33. The van der Waals surface area contributed by atoms with E-state index in [1.807, 2.05) is 6.92 Å². The number of carbonyl (C=O) groups excluding carboxylic acids is 1. The third-order valence-electron chi connectivity index (χ3n) is 6.32. The highest BCUT2D eigenvalue weighted by Gasteiger charge is 2.62. The molecule has 3 saturated heterocycles. The standard InChI is InChI=1S/C20H32N4O3/c1-4-5-18(25)21-9-14-15-10-24(12-20(15)7-6-16(14)26-20)11-17-22-19(27-23-17)8-13(2)3/h13-16H,4-12H2,1-3H3,(H,21,25)/t14-,15+,16+,20+/m0/s1. The first-order valence-electron chi connectivity index (χ1n) is 10.5. The number of ether oxygens (including phenoxy) is 1. The van der Waals surface area contributed by atoms with Gasteiger partial charge in [0.05, 0.1) is 18.2 Å². The van der Waals surface area contributed by atoms with Gasteiger partial charge in [-0.1, -0.05) is 25.9 Å². The molecule has 1 N–H and O–H groups in total. The third-order valence-corrected chi connectivity index (χ3v) is 6.32. The van der Waals surface area contributed by atoms with Gasteiger partial charge in [-0.2, -0.15) is 4.98 Å². The molecule has 2 bridgehead atoms. The van der Waals surface area contributed by atoms with E-state index in [0.717, 1.165) is 57.0 Å². The van der Waals surface area contributed by atoms with Crippen molar-refractivity contribution in [2.45, 2.75) is 71.1 Å². The molecule has 3 aliphatic rings. The summed E-state index contributed by atoms with van der Waals surface area (Å²) in [5.41, 5.74) is -0.0324. The zero-order valence-corrected chi connectivity index (χ0v) is 16.7. The summed E-state index contributed by atoms with van der Waals surface area (Å²) in [6.07, 6.45) is 4.87. The minimum atomic E-state index is -0.0324. The summed E-state index contributed by atoms with van der Waals surface area (Å²) in [7, 11) is 0. The molecule has 7 nitrogen and oxygen atoms in total. The van der Waals surface area contributed by atoms with Crippen molar-refractivity contribution in [2.75, 3.05) is 19.6 Å². The number of likely N-dealkylation sites (tertiary alicyclic amines) is 1. The first-order valence-corrected chi connectivity index (χ1v) is 10.5. The van der Waals surface area contributed by atoms with Crippen molar-refractivity contribution in [3.05, 3.63) is 11.7 Å². The molecule has 0 aliphatic carbocycles. The van der Waals surface area contributed by atoms with Crippen LogP contribution in [0, 0.1) is 17.8 Å². The number of fused-ring (bicyclic) bond motifs is 1. The van der Waals surface area contributed by atoms with E-state index >= 15 is 0 Å². The molecule has 1 amide bonds. The van der Waals surface area contributed by atoms with Gasteiger partial charge in [-0.15, -0.1) is 0 Å². The summed E-state index contributed by atoms with van der Waals surface area (Å²) < 4.78 is 11.8. The van der Waals surface area contributed by atoms with Crippen molar-refractivity contribution in [3.63, 3.8) is 0 Å². The Kier molecular flexibility index (Phi) is 5.25. The van der Waals surface area contributed by atoms with Gasteiger partial charge in [0.25, 0.3) is 0 Å². The average molecular weight is 377 g/mol. The van der Waals surface area contributed by atoms with Crippen LogP contribution >= 0.6 is 0 Å². The van der Waals surface area contributed by atoms with Gasteiger partial charge in [0.15, 0.2) is 5.82 Å². The lowest BCUT2D eigenvalue weighted by Gasteiger charge is -2.29. The number of nitrogens with zero attached hydrogens (tertiary/aromatic N) is 3. The van der Waals surface area contributed by atoms with Gasteiger partial charge >= 0.3 is 0 Å². The largest absolute Gasteiger partial charge is 0.370 e. The third kappa shape index (κ3) is 3.76. The summed E-state index contributed by atoms with van der Waals surface area (Å²) in [4.78, 5) is 18.8. The fourth-order valence-electron chi connectivity index (χ4n) is 5.21. The molecular weight excluding hydrogens is 344 g/mol. The van der Waals surface area contributed by atoms with Gasteiger partial charge in [0.1, 0.15) is 0 Å². The second kappa shape index (κ2) is 7.51.